The zero-order valence-electron chi connectivity index (χ0n) is 13.0. The zero-order valence-corrected chi connectivity index (χ0v) is 13.0. The van der Waals surface area contributed by atoms with Crippen molar-refractivity contribution in [2.24, 2.45) is 0 Å². The summed E-state index contributed by atoms with van der Waals surface area (Å²) in [7, 11) is 0. The lowest BCUT2D eigenvalue weighted by atomic mass is 9.99. The minimum Gasteiger partial charge on any atom is -0.296 e. The summed E-state index contributed by atoms with van der Waals surface area (Å²) >= 11 is 0. The second-order valence-corrected chi connectivity index (χ2v) is 6.26. The molecule has 1 amide bonds. The first-order valence-corrected chi connectivity index (χ1v) is 7.95. The van der Waals surface area contributed by atoms with Gasteiger partial charge in [-0.05, 0) is 24.3 Å². The number of halogens is 2. The summed E-state index contributed by atoms with van der Waals surface area (Å²) in [6.45, 7) is 1.22. The summed E-state index contributed by atoms with van der Waals surface area (Å²) in [6, 6.07) is 13.0. The lowest BCUT2D eigenvalue weighted by Gasteiger charge is -2.37. The van der Waals surface area contributed by atoms with Crippen LogP contribution in [0, 0.1) is 11.6 Å². The van der Waals surface area contributed by atoms with Gasteiger partial charge in [-0.2, -0.15) is 4.48 Å². The molecule has 2 aliphatic heterocycles. The summed E-state index contributed by atoms with van der Waals surface area (Å²) in [5.74, 6) is -1.21. The molecule has 2 atom stereocenters. The van der Waals surface area contributed by atoms with Crippen LogP contribution >= 0.6 is 0 Å². The first-order chi connectivity index (χ1) is 11.6. The normalized spacial score (nSPS) is 26.2. The summed E-state index contributed by atoms with van der Waals surface area (Å²) < 4.78 is 27.9. The van der Waals surface area contributed by atoms with Gasteiger partial charge in [0.15, 0.2) is 0 Å². The molecule has 2 heterocycles. The molecule has 0 aromatic heterocycles. The fourth-order valence-electron chi connectivity index (χ4n) is 3.80. The topological polar surface area (TPSA) is 29.1 Å². The SMILES string of the molecule is O=C1CNCC2=CC(c3cc(F)ccc3F)C[N@@+]12c1ccccc1. The number of nitrogens with one attached hydrogen (secondary N) is 1. The average Bonchev–Trinajstić information content (AvgIpc) is 3.00. The van der Waals surface area contributed by atoms with E-state index < -0.39 is 11.6 Å². The molecule has 0 saturated carbocycles. The Kier molecular flexibility index (Phi) is 3.55. The monoisotopic (exact) mass is 327 g/mol. The number of nitrogens with zero attached hydrogens (tertiary/aromatic N) is 1. The molecule has 2 aromatic carbocycles. The molecule has 3 nitrogen and oxygen atoms in total. The number of carbonyl (C=O) groups excluding carboxylic acids is 1. The second-order valence-electron chi connectivity index (χ2n) is 6.26. The molecule has 1 unspecified atom stereocenters. The average molecular weight is 327 g/mol. The lowest BCUT2D eigenvalue weighted by molar-refractivity contribution is -0.128. The van der Waals surface area contributed by atoms with E-state index in [9.17, 15) is 13.6 Å². The standard InChI is InChI=1S/C19H17F2N2O/c20-14-6-7-18(21)17(9-14)13-8-16-10-22-11-19(24)23(16,12-13)15-4-2-1-3-5-15/h1-9,13,22H,10-12H2/q+1/t13?,23-/m0/s1. The summed E-state index contributed by atoms with van der Waals surface area (Å²) in [5, 5.41) is 3.10. The molecule has 4 rings (SSSR count). The van der Waals surface area contributed by atoms with E-state index in [1.165, 1.54) is 6.07 Å². The van der Waals surface area contributed by atoms with E-state index in [0.717, 1.165) is 23.5 Å². The minimum atomic E-state index is -0.467. The highest BCUT2D eigenvalue weighted by Crippen LogP contribution is 2.41. The number of hydrogen-bond acceptors (Lipinski definition) is 2. The number of carbonyl (C=O) groups is 1. The molecule has 122 valence electrons. The Morgan fingerprint density at radius 2 is 1.83 bits per heavy atom. The number of fused-ring (bicyclic) bond motifs is 1. The van der Waals surface area contributed by atoms with E-state index in [0.29, 0.717) is 18.7 Å². The van der Waals surface area contributed by atoms with Crippen molar-refractivity contribution in [1.82, 2.24) is 9.80 Å². The van der Waals surface area contributed by atoms with Crippen molar-refractivity contribution >= 4 is 11.6 Å². The summed E-state index contributed by atoms with van der Waals surface area (Å²) in [5.41, 5.74) is 2.07. The first-order valence-electron chi connectivity index (χ1n) is 7.95. The number of amides is 1. The number of benzene rings is 2. The van der Waals surface area contributed by atoms with Crippen LogP contribution in [0.15, 0.2) is 60.3 Å². The van der Waals surface area contributed by atoms with Crippen molar-refractivity contribution in [2.45, 2.75) is 5.92 Å². The van der Waals surface area contributed by atoms with Gasteiger partial charge in [0.05, 0.1) is 12.5 Å². The lowest BCUT2D eigenvalue weighted by Crippen LogP contribution is -2.61. The molecule has 1 fully saturated rings. The van der Waals surface area contributed by atoms with Gasteiger partial charge in [-0.25, -0.2) is 13.6 Å². The maximum atomic E-state index is 14.2. The van der Waals surface area contributed by atoms with Gasteiger partial charge in [-0.3, -0.25) is 5.32 Å². The van der Waals surface area contributed by atoms with Crippen LogP contribution in [-0.2, 0) is 4.79 Å². The van der Waals surface area contributed by atoms with E-state index in [1.807, 2.05) is 36.4 Å². The molecule has 1 saturated heterocycles. The van der Waals surface area contributed by atoms with Crippen LogP contribution in [0.25, 0.3) is 0 Å². The predicted octanol–water partition coefficient (Wildman–Crippen LogP) is 3.08. The summed E-state index contributed by atoms with van der Waals surface area (Å²) in [6.07, 6.45) is 1.91. The number of rotatable bonds is 2. The molecule has 2 aromatic rings. The summed E-state index contributed by atoms with van der Waals surface area (Å²) in [4.78, 5) is 12.8. The van der Waals surface area contributed by atoms with Crippen molar-refractivity contribution < 1.29 is 13.6 Å². The van der Waals surface area contributed by atoms with Crippen LogP contribution in [0.3, 0.4) is 0 Å². The fourth-order valence-corrected chi connectivity index (χ4v) is 3.80. The van der Waals surface area contributed by atoms with Crippen LogP contribution in [0.2, 0.25) is 0 Å². The number of piperazine rings is 1. The smallest absolute Gasteiger partial charge is 0.296 e. The number of hydrogen-bond donors (Lipinski definition) is 1. The van der Waals surface area contributed by atoms with Crippen molar-refractivity contribution in [3.05, 3.63) is 77.5 Å². The Morgan fingerprint density at radius 1 is 1.04 bits per heavy atom. The predicted molar refractivity (Wildman–Crippen MR) is 88.2 cm³/mol. The van der Waals surface area contributed by atoms with Crippen molar-refractivity contribution in [1.29, 1.82) is 0 Å². The van der Waals surface area contributed by atoms with Crippen molar-refractivity contribution in [3.63, 3.8) is 0 Å². The Morgan fingerprint density at radius 3 is 2.62 bits per heavy atom. The molecule has 2 aliphatic rings. The van der Waals surface area contributed by atoms with Gasteiger partial charge >= 0.3 is 5.91 Å². The van der Waals surface area contributed by atoms with Gasteiger partial charge in [0.2, 0.25) is 0 Å². The van der Waals surface area contributed by atoms with Gasteiger partial charge in [0.1, 0.15) is 36.1 Å². The highest BCUT2D eigenvalue weighted by molar-refractivity contribution is 5.94. The van der Waals surface area contributed by atoms with Gasteiger partial charge in [-0.15, -0.1) is 0 Å². The fraction of sp³-hybridized carbons (Fsp3) is 0.211. The zero-order chi connectivity index (χ0) is 16.7. The third-order valence-corrected chi connectivity index (χ3v) is 4.92. The van der Waals surface area contributed by atoms with Crippen molar-refractivity contribution in [3.8, 4) is 0 Å². The molecule has 24 heavy (non-hydrogen) atoms. The molecule has 0 radical (unpaired) electrons. The van der Waals surface area contributed by atoms with E-state index in [-0.39, 0.29) is 22.9 Å². The van der Waals surface area contributed by atoms with Gasteiger partial charge < -0.3 is 0 Å². The minimum absolute atomic E-state index is 0.0259. The maximum Gasteiger partial charge on any atom is 0.337 e. The Hall–Kier alpha value is -2.37. The number of para-hydroxylation sites is 1. The Bertz CT molecular complexity index is 835. The third kappa shape index (κ3) is 2.20. The molecule has 0 bridgehead atoms. The van der Waals surface area contributed by atoms with E-state index in [4.69, 9.17) is 0 Å². The van der Waals surface area contributed by atoms with Crippen LogP contribution in [0.5, 0.6) is 0 Å². The van der Waals surface area contributed by atoms with Gasteiger partial charge in [0, 0.05) is 17.7 Å². The highest BCUT2D eigenvalue weighted by atomic mass is 19.1. The van der Waals surface area contributed by atoms with Gasteiger partial charge in [-0.1, -0.05) is 18.2 Å². The largest absolute Gasteiger partial charge is 0.337 e. The van der Waals surface area contributed by atoms with E-state index in [1.54, 1.807) is 0 Å². The number of quaternary nitrogens is 1. The molecule has 0 spiro atoms. The third-order valence-electron chi connectivity index (χ3n) is 4.92. The Balaban J connectivity index is 1.83. The highest BCUT2D eigenvalue weighted by Gasteiger charge is 2.51. The van der Waals surface area contributed by atoms with Crippen LogP contribution < -0.4 is 9.80 Å². The van der Waals surface area contributed by atoms with Crippen molar-refractivity contribution in [2.75, 3.05) is 19.6 Å². The molecular formula is C19H17F2N2O+. The quantitative estimate of drug-likeness (QED) is 0.859. The maximum absolute atomic E-state index is 14.2. The molecule has 5 heteroatoms. The van der Waals surface area contributed by atoms with Crippen LogP contribution in [-0.4, -0.2) is 25.5 Å². The van der Waals surface area contributed by atoms with E-state index >= 15 is 0 Å². The second kappa shape index (κ2) is 5.61. The first kappa shape index (κ1) is 15.2. The van der Waals surface area contributed by atoms with Gasteiger partial charge in [0.25, 0.3) is 0 Å². The molecule has 1 N–H and O–H groups in total. The molecule has 0 aliphatic carbocycles. The molecular weight excluding hydrogens is 310 g/mol. The van der Waals surface area contributed by atoms with E-state index in [2.05, 4.69) is 5.32 Å². The van der Waals surface area contributed by atoms with Crippen LogP contribution in [0.1, 0.15) is 11.5 Å². The Labute approximate surface area is 138 Å². The van der Waals surface area contributed by atoms with Crippen LogP contribution in [0.4, 0.5) is 14.5 Å².